The standard InChI is InChI=1S/C27H27N7O3/c1-37-17-5-8-22(35)33-15-4-6-20(33)26-32-23(24-25(28)30-14-16-34(24)26)18-9-11-19(12-10-18)27(36)31-21-7-2-3-13-29-21/h2-3,5,7-14,16,20H,4,6,15,17H2,1H3,(H2,28,30)(H,29,31,36)/b8-5+. The molecule has 1 fully saturated rings. The normalized spacial score (nSPS) is 15.5. The molecule has 5 rings (SSSR count). The Hall–Kier alpha value is -4.57. The smallest absolute Gasteiger partial charge is 0.256 e. The number of hydrogen-bond acceptors (Lipinski definition) is 7. The summed E-state index contributed by atoms with van der Waals surface area (Å²) in [6.07, 6.45) is 9.98. The maximum Gasteiger partial charge on any atom is 0.256 e. The lowest BCUT2D eigenvalue weighted by molar-refractivity contribution is -0.127. The molecule has 10 nitrogen and oxygen atoms in total. The quantitative estimate of drug-likeness (QED) is 0.374. The molecule has 4 aromatic rings. The zero-order valence-corrected chi connectivity index (χ0v) is 20.4. The molecule has 1 saturated heterocycles. The molecule has 0 radical (unpaired) electrons. The van der Waals surface area contributed by atoms with Gasteiger partial charge in [-0.25, -0.2) is 15.0 Å². The number of methoxy groups -OCH3 is 1. The first-order valence-corrected chi connectivity index (χ1v) is 12.0. The van der Waals surface area contributed by atoms with E-state index in [4.69, 9.17) is 15.5 Å². The van der Waals surface area contributed by atoms with Crippen molar-refractivity contribution in [1.82, 2.24) is 24.3 Å². The van der Waals surface area contributed by atoms with Gasteiger partial charge >= 0.3 is 0 Å². The Morgan fingerprint density at radius 1 is 1.16 bits per heavy atom. The van der Waals surface area contributed by atoms with Crippen LogP contribution in [0.25, 0.3) is 16.8 Å². The molecule has 2 amide bonds. The second-order valence-electron chi connectivity index (χ2n) is 8.64. The van der Waals surface area contributed by atoms with Crippen molar-refractivity contribution in [2.75, 3.05) is 31.3 Å². The highest BCUT2D eigenvalue weighted by molar-refractivity contribution is 6.04. The van der Waals surface area contributed by atoms with Gasteiger partial charge in [0.15, 0.2) is 0 Å². The molecule has 1 aromatic carbocycles. The number of nitrogens with two attached hydrogens (primary N) is 1. The van der Waals surface area contributed by atoms with E-state index in [0.717, 1.165) is 24.2 Å². The molecular formula is C27H27N7O3. The average Bonchev–Trinajstić information content (AvgIpc) is 3.55. The zero-order chi connectivity index (χ0) is 25.8. The number of nitrogens with zero attached hydrogens (tertiary/aromatic N) is 5. The summed E-state index contributed by atoms with van der Waals surface area (Å²) in [6.45, 7) is 1.02. The third-order valence-corrected chi connectivity index (χ3v) is 6.29. The molecule has 1 unspecified atom stereocenters. The number of hydrogen-bond donors (Lipinski definition) is 2. The van der Waals surface area contributed by atoms with Crippen molar-refractivity contribution in [3.8, 4) is 11.3 Å². The van der Waals surface area contributed by atoms with Gasteiger partial charge in [-0.15, -0.1) is 0 Å². The van der Waals surface area contributed by atoms with Crippen LogP contribution in [-0.4, -0.2) is 56.3 Å². The minimum atomic E-state index is -0.261. The fourth-order valence-corrected chi connectivity index (χ4v) is 4.57. The van der Waals surface area contributed by atoms with Crippen molar-refractivity contribution in [1.29, 1.82) is 0 Å². The molecule has 1 aliphatic heterocycles. The highest BCUT2D eigenvalue weighted by Crippen LogP contribution is 2.36. The molecular weight excluding hydrogens is 470 g/mol. The summed E-state index contributed by atoms with van der Waals surface area (Å²) >= 11 is 0. The van der Waals surface area contributed by atoms with E-state index in [1.54, 1.807) is 62.0 Å². The number of nitrogen functional groups attached to an aromatic ring is 1. The number of anilines is 2. The average molecular weight is 498 g/mol. The fourth-order valence-electron chi connectivity index (χ4n) is 4.57. The summed E-state index contributed by atoms with van der Waals surface area (Å²) in [5.41, 5.74) is 8.88. The molecule has 0 bridgehead atoms. The van der Waals surface area contributed by atoms with Crippen LogP contribution in [0.4, 0.5) is 11.6 Å². The van der Waals surface area contributed by atoms with Crippen LogP contribution in [0.5, 0.6) is 0 Å². The highest BCUT2D eigenvalue weighted by atomic mass is 16.5. The van der Waals surface area contributed by atoms with Gasteiger partial charge in [-0.05, 0) is 37.1 Å². The Kier molecular flexibility index (Phi) is 6.91. The first-order valence-electron chi connectivity index (χ1n) is 12.0. The topological polar surface area (TPSA) is 128 Å². The largest absolute Gasteiger partial charge is 0.382 e. The van der Waals surface area contributed by atoms with Crippen LogP contribution in [0.15, 0.2) is 73.2 Å². The summed E-state index contributed by atoms with van der Waals surface area (Å²) in [7, 11) is 1.59. The third-order valence-electron chi connectivity index (χ3n) is 6.29. The number of aromatic nitrogens is 4. The summed E-state index contributed by atoms with van der Waals surface area (Å²) in [5.74, 6) is 1.20. The molecule has 3 N–H and O–H groups in total. The molecule has 0 spiro atoms. The van der Waals surface area contributed by atoms with Crippen molar-refractivity contribution in [2.45, 2.75) is 18.9 Å². The Morgan fingerprint density at radius 2 is 2.00 bits per heavy atom. The van der Waals surface area contributed by atoms with E-state index in [1.807, 2.05) is 27.6 Å². The number of carbonyl (C=O) groups is 2. The van der Waals surface area contributed by atoms with Crippen molar-refractivity contribution in [3.63, 3.8) is 0 Å². The fraction of sp³-hybridized carbons (Fsp3) is 0.222. The van der Waals surface area contributed by atoms with E-state index in [2.05, 4.69) is 15.3 Å². The van der Waals surface area contributed by atoms with E-state index in [9.17, 15) is 9.59 Å². The monoisotopic (exact) mass is 497 g/mol. The van der Waals surface area contributed by atoms with Crippen LogP contribution >= 0.6 is 0 Å². The molecule has 4 heterocycles. The predicted octanol–water partition coefficient (Wildman–Crippen LogP) is 3.49. The van der Waals surface area contributed by atoms with E-state index in [0.29, 0.717) is 41.6 Å². The van der Waals surface area contributed by atoms with Crippen molar-refractivity contribution < 1.29 is 14.3 Å². The molecule has 10 heteroatoms. The van der Waals surface area contributed by atoms with E-state index in [1.165, 1.54) is 0 Å². The van der Waals surface area contributed by atoms with Crippen LogP contribution in [0.1, 0.15) is 35.1 Å². The number of likely N-dealkylation sites (tertiary alicyclic amines) is 1. The van der Waals surface area contributed by atoms with Crippen LogP contribution in [-0.2, 0) is 9.53 Å². The Bertz CT molecular complexity index is 1450. The molecule has 0 saturated carbocycles. The molecule has 1 aliphatic rings. The second kappa shape index (κ2) is 10.6. The van der Waals surface area contributed by atoms with Gasteiger partial charge in [-0.3, -0.25) is 14.0 Å². The number of benzene rings is 1. The summed E-state index contributed by atoms with van der Waals surface area (Å²) < 4.78 is 6.93. The number of carbonyl (C=O) groups excluding carboxylic acids is 2. The lowest BCUT2D eigenvalue weighted by atomic mass is 10.1. The number of amides is 2. The Labute approximate surface area is 213 Å². The molecule has 37 heavy (non-hydrogen) atoms. The van der Waals surface area contributed by atoms with Crippen LogP contribution in [0.3, 0.4) is 0 Å². The number of rotatable bonds is 7. The Balaban J connectivity index is 1.47. The maximum absolute atomic E-state index is 12.9. The minimum Gasteiger partial charge on any atom is -0.382 e. The predicted molar refractivity (Wildman–Crippen MR) is 140 cm³/mol. The molecule has 188 valence electrons. The van der Waals surface area contributed by atoms with Gasteiger partial charge in [0.1, 0.15) is 28.7 Å². The minimum absolute atomic E-state index is 0.0804. The van der Waals surface area contributed by atoms with Gasteiger partial charge in [0.05, 0.1) is 12.6 Å². The number of pyridine rings is 1. The SMILES string of the molecule is COC/C=C/C(=O)N1CCCC1c1nc(-c2ccc(C(=O)Nc3ccccn3)cc2)c2c(N)nccn12. The first kappa shape index (κ1) is 24.1. The van der Waals surface area contributed by atoms with E-state index >= 15 is 0 Å². The van der Waals surface area contributed by atoms with Crippen LogP contribution in [0.2, 0.25) is 0 Å². The van der Waals surface area contributed by atoms with Gasteiger partial charge in [0, 0.05) is 49.4 Å². The number of imidazole rings is 1. The zero-order valence-electron chi connectivity index (χ0n) is 20.4. The lowest BCUT2D eigenvalue weighted by Crippen LogP contribution is -2.30. The molecule has 0 aliphatic carbocycles. The molecule has 1 atom stereocenters. The van der Waals surface area contributed by atoms with Crippen molar-refractivity contribution >= 4 is 29.0 Å². The summed E-state index contributed by atoms with van der Waals surface area (Å²) in [4.78, 5) is 40.7. The van der Waals surface area contributed by atoms with Crippen molar-refractivity contribution in [3.05, 3.63) is 84.6 Å². The first-order chi connectivity index (χ1) is 18.1. The Morgan fingerprint density at radius 3 is 2.76 bits per heavy atom. The van der Waals surface area contributed by atoms with E-state index < -0.39 is 0 Å². The molecule has 3 aromatic heterocycles. The van der Waals surface area contributed by atoms with Gasteiger partial charge in [-0.2, -0.15) is 0 Å². The van der Waals surface area contributed by atoms with Gasteiger partial charge in [0.25, 0.3) is 5.91 Å². The maximum atomic E-state index is 12.9. The van der Waals surface area contributed by atoms with Crippen LogP contribution in [0, 0.1) is 0 Å². The van der Waals surface area contributed by atoms with E-state index in [-0.39, 0.29) is 17.9 Å². The van der Waals surface area contributed by atoms with Gasteiger partial charge < -0.3 is 20.7 Å². The van der Waals surface area contributed by atoms with Crippen LogP contribution < -0.4 is 11.1 Å². The number of fused-ring (bicyclic) bond motifs is 1. The van der Waals surface area contributed by atoms with Gasteiger partial charge in [-0.1, -0.05) is 24.3 Å². The number of nitrogens with one attached hydrogen (secondary N) is 1. The summed E-state index contributed by atoms with van der Waals surface area (Å²) in [5, 5.41) is 2.78. The van der Waals surface area contributed by atoms with Crippen molar-refractivity contribution in [2.24, 2.45) is 0 Å². The third kappa shape index (κ3) is 4.91. The summed E-state index contributed by atoms with van der Waals surface area (Å²) in [6, 6.07) is 12.2. The number of ether oxygens (including phenoxy) is 1. The highest BCUT2D eigenvalue weighted by Gasteiger charge is 2.33. The van der Waals surface area contributed by atoms with Gasteiger partial charge in [0.2, 0.25) is 5.91 Å². The lowest BCUT2D eigenvalue weighted by Gasteiger charge is -2.22. The second-order valence-corrected chi connectivity index (χ2v) is 8.64.